The Morgan fingerprint density at radius 2 is 1.71 bits per heavy atom. The van der Waals surface area contributed by atoms with Gasteiger partial charge < -0.3 is 28.0 Å². The second-order valence-corrected chi connectivity index (χ2v) is 4.04. The lowest BCUT2D eigenvalue weighted by molar-refractivity contribution is -0.138. The molecule has 0 amide bonds. The molecule has 0 aromatic carbocycles. The molecular formula is C11H28N4O2. The average Bonchev–Trinajstić information content (AvgIpc) is 2.27. The number of carboxylic acid groups (broad SMARTS) is 1. The predicted octanol–water partition coefficient (Wildman–Crippen LogP) is -0.0526. The number of carbonyl (C=O) groups is 1. The third-order valence-electron chi connectivity index (χ3n) is 2.18. The van der Waals surface area contributed by atoms with E-state index >= 15 is 0 Å². The monoisotopic (exact) mass is 248 g/mol. The molecule has 0 radical (unpaired) electrons. The summed E-state index contributed by atoms with van der Waals surface area (Å²) in [5.41, 5.74) is 20.9. The van der Waals surface area contributed by atoms with Gasteiger partial charge in [-0.25, -0.2) is 0 Å². The molecule has 0 aromatic rings. The number of unbranched alkanes of at least 4 members (excludes halogenated alkanes) is 2. The smallest absolute Gasteiger partial charge is 0.320 e. The van der Waals surface area contributed by atoms with E-state index in [9.17, 15) is 4.79 Å². The molecule has 0 bridgehead atoms. The van der Waals surface area contributed by atoms with E-state index in [0.29, 0.717) is 13.0 Å². The topological polar surface area (TPSA) is 141 Å². The normalized spacial score (nSPS) is 11.9. The first-order chi connectivity index (χ1) is 7.95. The Kier molecular flexibility index (Phi) is 14.7. The molecule has 0 heterocycles. The summed E-state index contributed by atoms with van der Waals surface area (Å²) in [4.78, 5) is 10.1. The molecule has 0 saturated carbocycles. The van der Waals surface area contributed by atoms with Crippen molar-refractivity contribution in [1.82, 2.24) is 0 Å². The van der Waals surface area contributed by atoms with E-state index in [1.807, 2.05) is 0 Å². The molecule has 1 unspecified atom stereocenters. The lowest BCUT2D eigenvalue weighted by Crippen LogP contribution is -2.29. The van der Waals surface area contributed by atoms with Crippen molar-refractivity contribution in [3.8, 4) is 0 Å². The fourth-order valence-corrected chi connectivity index (χ4v) is 1.07. The lowest BCUT2D eigenvalue weighted by Gasteiger charge is -2.03. The highest BCUT2D eigenvalue weighted by molar-refractivity contribution is 5.72. The second-order valence-electron chi connectivity index (χ2n) is 4.04. The van der Waals surface area contributed by atoms with Crippen LogP contribution in [-0.2, 0) is 4.79 Å². The van der Waals surface area contributed by atoms with E-state index in [4.69, 9.17) is 28.0 Å². The zero-order valence-electron chi connectivity index (χ0n) is 10.8. The van der Waals surface area contributed by atoms with Gasteiger partial charge in [0.25, 0.3) is 0 Å². The Labute approximate surface area is 104 Å². The molecule has 0 fully saturated rings. The van der Waals surface area contributed by atoms with Gasteiger partial charge in [0.05, 0.1) is 6.17 Å². The first kappa shape index (κ1) is 18.7. The standard InChI is InChI=1S/C6H14N2O2.C5H14N2/c7-4-2-1-3-5(8)6(9)10;1-2-3-4-5(6)7/h5H,1-4,7-8H2,(H,9,10);5H,2-4,6-7H2,1H3. The van der Waals surface area contributed by atoms with E-state index < -0.39 is 12.0 Å². The van der Waals surface area contributed by atoms with E-state index in [1.54, 1.807) is 0 Å². The van der Waals surface area contributed by atoms with Crippen molar-refractivity contribution >= 4 is 5.97 Å². The molecule has 0 saturated heterocycles. The highest BCUT2D eigenvalue weighted by Gasteiger charge is 2.09. The Morgan fingerprint density at radius 1 is 1.12 bits per heavy atom. The first-order valence-electron chi connectivity index (χ1n) is 6.15. The van der Waals surface area contributed by atoms with Crippen molar-refractivity contribution in [3.05, 3.63) is 0 Å². The number of carboxylic acids is 1. The van der Waals surface area contributed by atoms with Crippen molar-refractivity contribution in [2.75, 3.05) is 6.54 Å². The number of rotatable bonds is 8. The molecule has 6 nitrogen and oxygen atoms in total. The molecule has 0 spiro atoms. The van der Waals surface area contributed by atoms with Gasteiger partial charge in [0, 0.05) is 0 Å². The fourth-order valence-electron chi connectivity index (χ4n) is 1.07. The zero-order chi connectivity index (χ0) is 13.7. The van der Waals surface area contributed by atoms with Gasteiger partial charge in [0.1, 0.15) is 6.04 Å². The van der Waals surface area contributed by atoms with Gasteiger partial charge in [-0.3, -0.25) is 4.79 Å². The van der Waals surface area contributed by atoms with Crippen LogP contribution in [0.4, 0.5) is 0 Å². The van der Waals surface area contributed by atoms with Gasteiger partial charge in [-0.05, 0) is 25.8 Å². The molecule has 6 heteroatoms. The lowest BCUT2D eigenvalue weighted by atomic mass is 10.1. The number of hydrogen-bond acceptors (Lipinski definition) is 5. The summed E-state index contributed by atoms with van der Waals surface area (Å²) >= 11 is 0. The van der Waals surface area contributed by atoms with Crippen molar-refractivity contribution in [2.45, 2.75) is 57.7 Å². The molecule has 0 aliphatic carbocycles. The third kappa shape index (κ3) is 17.9. The van der Waals surface area contributed by atoms with Gasteiger partial charge in [0.2, 0.25) is 0 Å². The number of nitrogens with two attached hydrogens (primary N) is 4. The van der Waals surface area contributed by atoms with Gasteiger partial charge in [-0.15, -0.1) is 0 Å². The van der Waals surface area contributed by atoms with Crippen LogP contribution < -0.4 is 22.9 Å². The summed E-state index contributed by atoms with van der Waals surface area (Å²) in [6.45, 7) is 2.73. The summed E-state index contributed by atoms with van der Waals surface area (Å²) in [6.07, 6.45) is 5.36. The maximum Gasteiger partial charge on any atom is 0.320 e. The van der Waals surface area contributed by atoms with Gasteiger partial charge in [0.15, 0.2) is 0 Å². The minimum absolute atomic E-state index is 0.0973. The zero-order valence-corrected chi connectivity index (χ0v) is 10.8. The molecule has 9 N–H and O–H groups in total. The quantitative estimate of drug-likeness (QED) is 0.301. The van der Waals surface area contributed by atoms with Crippen LogP contribution >= 0.6 is 0 Å². The molecule has 17 heavy (non-hydrogen) atoms. The molecule has 0 aromatic heterocycles. The maximum atomic E-state index is 10.1. The molecule has 0 aliphatic heterocycles. The first-order valence-corrected chi connectivity index (χ1v) is 6.15. The Bertz CT molecular complexity index is 177. The van der Waals surface area contributed by atoms with Gasteiger partial charge in [-0.1, -0.05) is 26.2 Å². The summed E-state index contributed by atoms with van der Waals surface area (Å²) in [7, 11) is 0. The molecule has 0 aliphatic rings. The van der Waals surface area contributed by atoms with E-state index in [1.165, 1.54) is 6.42 Å². The van der Waals surface area contributed by atoms with Crippen LogP contribution in [0.5, 0.6) is 0 Å². The van der Waals surface area contributed by atoms with Crippen LogP contribution in [0, 0.1) is 0 Å². The highest BCUT2D eigenvalue weighted by Crippen LogP contribution is 1.97. The van der Waals surface area contributed by atoms with Crippen LogP contribution in [0.1, 0.15) is 45.4 Å². The minimum atomic E-state index is -0.933. The predicted molar refractivity (Wildman–Crippen MR) is 70.2 cm³/mol. The second kappa shape index (κ2) is 13.4. The van der Waals surface area contributed by atoms with Crippen LogP contribution in [0.25, 0.3) is 0 Å². The Morgan fingerprint density at radius 3 is 2.00 bits per heavy atom. The maximum absolute atomic E-state index is 10.1. The van der Waals surface area contributed by atoms with Crippen LogP contribution in [-0.4, -0.2) is 29.8 Å². The minimum Gasteiger partial charge on any atom is -0.480 e. The van der Waals surface area contributed by atoms with Crippen molar-refractivity contribution in [2.24, 2.45) is 22.9 Å². The van der Waals surface area contributed by atoms with Crippen molar-refractivity contribution in [1.29, 1.82) is 0 Å². The van der Waals surface area contributed by atoms with Crippen LogP contribution in [0.2, 0.25) is 0 Å². The van der Waals surface area contributed by atoms with Crippen molar-refractivity contribution in [3.63, 3.8) is 0 Å². The highest BCUT2D eigenvalue weighted by atomic mass is 16.4. The Balaban J connectivity index is 0. The third-order valence-corrected chi connectivity index (χ3v) is 2.18. The number of hydrogen-bond donors (Lipinski definition) is 5. The largest absolute Gasteiger partial charge is 0.480 e. The average molecular weight is 248 g/mol. The van der Waals surface area contributed by atoms with E-state index in [2.05, 4.69) is 6.92 Å². The van der Waals surface area contributed by atoms with E-state index in [0.717, 1.165) is 25.7 Å². The number of aliphatic carboxylic acids is 1. The van der Waals surface area contributed by atoms with Gasteiger partial charge in [-0.2, -0.15) is 0 Å². The van der Waals surface area contributed by atoms with Crippen LogP contribution in [0.15, 0.2) is 0 Å². The summed E-state index contributed by atoms with van der Waals surface area (Å²) in [6, 6.07) is -0.716. The summed E-state index contributed by atoms with van der Waals surface area (Å²) < 4.78 is 0. The Hall–Kier alpha value is -0.690. The van der Waals surface area contributed by atoms with Crippen molar-refractivity contribution < 1.29 is 9.90 Å². The fraction of sp³-hybridized carbons (Fsp3) is 0.909. The molecular weight excluding hydrogens is 220 g/mol. The van der Waals surface area contributed by atoms with Gasteiger partial charge >= 0.3 is 5.97 Å². The molecule has 0 rings (SSSR count). The molecule has 104 valence electrons. The van der Waals surface area contributed by atoms with E-state index in [-0.39, 0.29) is 6.17 Å². The summed E-state index contributed by atoms with van der Waals surface area (Å²) in [5.74, 6) is -0.933. The SMILES string of the molecule is CCCCC(N)N.NCCCCC(N)C(=O)O. The molecule has 1 atom stereocenters. The summed E-state index contributed by atoms with van der Waals surface area (Å²) in [5, 5.41) is 8.33. The van der Waals surface area contributed by atoms with Crippen LogP contribution in [0.3, 0.4) is 0 Å².